The Morgan fingerprint density at radius 3 is 2.42 bits per heavy atom. The van der Waals surface area contributed by atoms with Crippen molar-refractivity contribution in [3.63, 3.8) is 0 Å². The van der Waals surface area contributed by atoms with Crippen molar-refractivity contribution in [2.45, 2.75) is 27.2 Å². The Bertz CT molecular complexity index is 944. The normalized spacial score (nSPS) is 20.7. The Kier molecular flexibility index (Phi) is 4.61. The Morgan fingerprint density at radius 2 is 1.77 bits per heavy atom. The summed E-state index contributed by atoms with van der Waals surface area (Å²) in [6, 6.07) is 6.65. The maximum atomic E-state index is 13.4. The summed E-state index contributed by atoms with van der Waals surface area (Å²) in [6.07, 6.45) is 1.23. The van der Waals surface area contributed by atoms with Gasteiger partial charge >= 0.3 is 0 Å². The molecule has 0 bridgehead atoms. The van der Waals surface area contributed by atoms with Crippen LogP contribution in [0, 0.1) is 24.6 Å². The molecule has 1 saturated heterocycles. The third-order valence-electron chi connectivity index (χ3n) is 4.98. The molecule has 0 spiro atoms. The molecule has 4 rings (SSSR count). The van der Waals surface area contributed by atoms with Gasteiger partial charge < -0.3 is 4.90 Å². The fourth-order valence-corrected chi connectivity index (χ4v) is 5.35. The SMILES string of the molecule is Cc1sc2nc(Cl)nc(N3CC(C)CC(C)C3)c2c1-c1ccc(F)cc1. The van der Waals surface area contributed by atoms with E-state index in [0.29, 0.717) is 11.8 Å². The minimum atomic E-state index is -0.232. The van der Waals surface area contributed by atoms with E-state index in [1.54, 1.807) is 11.3 Å². The zero-order chi connectivity index (χ0) is 18.4. The largest absolute Gasteiger partial charge is 0.355 e. The first kappa shape index (κ1) is 17.7. The molecular formula is C20H21ClFN3S. The average molecular weight is 390 g/mol. The predicted molar refractivity (Wildman–Crippen MR) is 108 cm³/mol. The van der Waals surface area contributed by atoms with Gasteiger partial charge in [-0.05, 0) is 54.5 Å². The zero-order valence-electron chi connectivity index (χ0n) is 15.1. The van der Waals surface area contributed by atoms with Crippen molar-refractivity contribution in [1.29, 1.82) is 0 Å². The van der Waals surface area contributed by atoms with E-state index in [1.807, 2.05) is 12.1 Å². The first-order chi connectivity index (χ1) is 12.4. The van der Waals surface area contributed by atoms with Crippen molar-refractivity contribution in [1.82, 2.24) is 9.97 Å². The molecule has 3 aromatic rings. The minimum absolute atomic E-state index is 0.232. The number of hydrogen-bond donors (Lipinski definition) is 0. The second kappa shape index (κ2) is 6.78. The lowest BCUT2D eigenvalue weighted by Crippen LogP contribution is -2.39. The molecule has 1 aliphatic heterocycles. The molecule has 0 N–H and O–H groups in total. The lowest BCUT2D eigenvalue weighted by molar-refractivity contribution is 0.356. The lowest BCUT2D eigenvalue weighted by Gasteiger charge is -2.36. The van der Waals surface area contributed by atoms with E-state index >= 15 is 0 Å². The number of hydrogen-bond acceptors (Lipinski definition) is 4. The van der Waals surface area contributed by atoms with Crippen LogP contribution in [0.15, 0.2) is 24.3 Å². The van der Waals surface area contributed by atoms with Gasteiger partial charge in [-0.1, -0.05) is 26.0 Å². The van der Waals surface area contributed by atoms with Crippen molar-refractivity contribution < 1.29 is 4.39 Å². The lowest BCUT2D eigenvalue weighted by atomic mass is 9.91. The monoisotopic (exact) mass is 389 g/mol. The maximum absolute atomic E-state index is 13.4. The van der Waals surface area contributed by atoms with Crippen LogP contribution in [0.25, 0.3) is 21.3 Å². The molecule has 1 aromatic carbocycles. The molecule has 3 nitrogen and oxygen atoms in total. The van der Waals surface area contributed by atoms with Crippen LogP contribution in [-0.2, 0) is 0 Å². The number of fused-ring (bicyclic) bond motifs is 1. The molecule has 2 atom stereocenters. The first-order valence-corrected chi connectivity index (χ1v) is 10.1. The summed E-state index contributed by atoms with van der Waals surface area (Å²) in [4.78, 5) is 13.5. The van der Waals surface area contributed by atoms with Gasteiger partial charge in [-0.2, -0.15) is 4.98 Å². The van der Waals surface area contributed by atoms with E-state index in [9.17, 15) is 4.39 Å². The number of piperidine rings is 1. The highest BCUT2D eigenvalue weighted by atomic mass is 35.5. The van der Waals surface area contributed by atoms with Crippen molar-refractivity contribution in [2.75, 3.05) is 18.0 Å². The molecule has 1 aliphatic rings. The van der Waals surface area contributed by atoms with E-state index in [2.05, 4.69) is 35.6 Å². The van der Waals surface area contributed by atoms with Crippen LogP contribution >= 0.6 is 22.9 Å². The highest BCUT2D eigenvalue weighted by Crippen LogP contribution is 2.43. The van der Waals surface area contributed by atoms with Gasteiger partial charge in [0.1, 0.15) is 16.5 Å². The number of aryl methyl sites for hydroxylation is 1. The van der Waals surface area contributed by atoms with Crippen LogP contribution in [0.1, 0.15) is 25.1 Å². The molecule has 1 fully saturated rings. The van der Waals surface area contributed by atoms with E-state index in [-0.39, 0.29) is 11.1 Å². The number of benzene rings is 1. The molecule has 3 heterocycles. The van der Waals surface area contributed by atoms with Crippen LogP contribution in [0.2, 0.25) is 5.28 Å². The molecule has 2 unspecified atom stereocenters. The number of anilines is 1. The van der Waals surface area contributed by atoms with E-state index in [0.717, 1.165) is 45.1 Å². The summed E-state index contributed by atoms with van der Waals surface area (Å²) in [5.41, 5.74) is 2.07. The maximum Gasteiger partial charge on any atom is 0.225 e. The van der Waals surface area contributed by atoms with Gasteiger partial charge in [-0.3, -0.25) is 0 Å². The van der Waals surface area contributed by atoms with Crippen LogP contribution in [0.3, 0.4) is 0 Å². The van der Waals surface area contributed by atoms with Crippen LogP contribution in [0.5, 0.6) is 0 Å². The zero-order valence-corrected chi connectivity index (χ0v) is 16.7. The molecule has 0 aliphatic carbocycles. The highest BCUT2D eigenvalue weighted by molar-refractivity contribution is 7.19. The molecule has 26 heavy (non-hydrogen) atoms. The third-order valence-corrected chi connectivity index (χ3v) is 6.15. The number of aromatic nitrogens is 2. The topological polar surface area (TPSA) is 29.0 Å². The molecule has 0 radical (unpaired) electrons. The molecule has 6 heteroatoms. The average Bonchev–Trinajstić information content (AvgIpc) is 2.89. The van der Waals surface area contributed by atoms with Gasteiger partial charge in [0.15, 0.2) is 0 Å². The second-order valence-electron chi connectivity index (χ2n) is 7.39. The van der Waals surface area contributed by atoms with Gasteiger partial charge in [0.05, 0.1) is 5.39 Å². The number of thiophene rings is 1. The van der Waals surface area contributed by atoms with Crippen molar-refractivity contribution in [3.8, 4) is 11.1 Å². The quantitative estimate of drug-likeness (QED) is 0.508. The smallest absolute Gasteiger partial charge is 0.225 e. The molecule has 2 aromatic heterocycles. The number of halogens is 2. The summed E-state index contributed by atoms with van der Waals surface area (Å²) < 4.78 is 13.4. The van der Waals surface area contributed by atoms with Gasteiger partial charge in [-0.15, -0.1) is 11.3 Å². The number of rotatable bonds is 2. The van der Waals surface area contributed by atoms with Gasteiger partial charge in [0.25, 0.3) is 0 Å². The van der Waals surface area contributed by atoms with Gasteiger partial charge in [0, 0.05) is 23.5 Å². The summed E-state index contributed by atoms with van der Waals surface area (Å²) in [7, 11) is 0. The fraction of sp³-hybridized carbons (Fsp3) is 0.400. The fourth-order valence-electron chi connectivity index (χ4n) is 4.10. The second-order valence-corrected chi connectivity index (χ2v) is 8.93. The van der Waals surface area contributed by atoms with Crippen LogP contribution in [0.4, 0.5) is 10.2 Å². The van der Waals surface area contributed by atoms with Crippen molar-refractivity contribution in [2.24, 2.45) is 11.8 Å². The van der Waals surface area contributed by atoms with Crippen molar-refractivity contribution >= 4 is 39.0 Å². The Hall–Kier alpha value is -1.72. The van der Waals surface area contributed by atoms with E-state index in [4.69, 9.17) is 11.6 Å². The third kappa shape index (κ3) is 3.19. The molecule has 0 amide bonds. The number of nitrogens with zero attached hydrogens (tertiary/aromatic N) is 3. The Morgan fingerprint density at radius 1 is 1.12 bits per heavy atom. The van der Waals surface area contributed by atoms with Crippen molar-refractivity contribution in [3.05, 3.63) is 40.2 Å². The summed E-state index contributed by atoms with van der Waals surface area (Å²) >= 11 is 7.87. The summed E-state index contributed by atoms with van der Waals surface area (Å²) in [5.74, 6) is 1.89. The molecule has 0 saturated carbocycles. The Labute approximate surface area is 161 Å². The standard InChI is InChI=1S/C20H21ClFN3S/c1-11-8-12(2)10-25(9-11)18-17-16(14-4-6-15(22)7-5-14)13(3)26-19(17)24-20(21)23-18/h4-7,11-12H,8-10H2,1-3H3. The van der Waals surface area contributed by atoms with Gasteiger partial charge in [0.2, 0.25) is 5.28 Å². The summed E-state index contributed by atoms with van der Waals surface area (Å²) in [6.45, 7) is 8.56. The van der Waals surface area contributed by atoms with Gasteiger partial charge in [-0.25, -0.2) is 9.37 Å². The molecule has 136 valence electrons. The summed E-state index contributed by atoms with van der Waals surface area (Å²) in [5, 5.41) is 1.31. The highest BCUT2D eigenvalue weighted by Gasteiger charge is 2.27. The molecular weight excluding hydrogens is 369 g/mol. The predicted octanol–water partition coefficient (Wildman–Crippen LogP) is 5.94. The van der Waals surface area contributed by atoms with E-state index < -0.39 is 0 Å². The van der Waals surface area contributed by atoms with Crippen LogP contribution in [-0.4, -0.2) is 23.1 Å². The Balaban J connectivity index is 1.93. The van der Waals surface area contributed by atoms with Crippen LogP contribution < -0.4 is 4.90 Å². The minimum Gasteiger partial charge on any atom is -0.355 e. The van der Waals surface area contributed by atoms with E-state index in [1.165, 1.54) is 18.6 Å². The first-order valence-electron chi connectivity index (χ1n) is 8.90.